The van der Waals surface area contributed by atoms with Crippen molar-refractivity contribution in [1.82, 2.24) is 18.7 Å². The molecule has 11 heteroatoms. The van der Waals surface area contributed by atoms with E-state index in [1.807, 2.05) is 0 Å². The van der Waals surface area contributed by atoms with Crippen molar-refractivity contribution in [3.05, 3.63) is 50.9 Å². The lowest BCUT2D eigenvalue weighted by molar-refractivity contribution is -0.117. The Hall–Kier alpha value is -3.89. The van der Waals surface area contributed by atoms with Gasteiger partial charge >= 0.3 is 11.7 Å². The topological polar surface area (TPSA) is 157 Å². The van der Waals surface area contributed by atoms with Crippen LogP contribution in [0.2, 0.25) is 0 Å². The number of ketones is 1. The van der Waals surface area contributed by atoms with E-state index in [2.05, 4.69) is 4.98 Å². The molecule has 166 valence electrons. The molecule has 2 heterocycles. The van der Waals surface area contributed by atoms with Gasteiger partial charge in [-0.25, -0.2) is 14.6 Å². The van der Waals surface area contributed by atoms with Crippen molar-refractivity contribution in [1.29, 1.82) is 0 Å². The highest BCUT2D eigenvalue weighted by molar-refractivity contribution is 5.88. The second kappa shape index (κ2) is 9.74. The van der Waals surface area contributed by atoms with Gasteiger partial charge in [-0.3, -0.25) is 13.9 Å². The summed E-state index contributed by atoms with van der Waals surface area (Å²) < 4.78 is 4.20. The molecule has 31 heavy (non-hydrogen) atoms. The van der Waals surface area contributed by atoms with Crippen LogP contribution in [0.3, 0.4) is 0 Å². The zero-order valence-corrected chi connectivity index (χ0v) is 17.4. The molecule has 0 spiro atoms. The predicted molar refractivity (Wildman–Crippen MR) is 111 cm³/mol. The number of unbranched alkanes of at least 4 members (excludes halogenated alkanes) is 1. The van der Waals surface area contributed by atoms with E-state index < -0.39 is 11.7 Å². The molecule has 0 aliphatic heterocycles. The summed E-state index contributed by atoms with van der Waals surface area (Å²) >= 11 is 0. The van der Waals surface area contributed by atoms with Gasteiger partial charge in [0.05, 0.1) is 11.9 Å². The number of phenols is 2. The van der Waals surface area contributed by atoms with Crippen LogP contribution in [0.4, 0.5) is 0 Å². The molecule has 0 bridgehead atoms. The lowest BCUT2D eigenvalue weighted by atomic mass is 10.2. The van der Waals surface area contributed by atoms with Gasteiger partial charge in [0.15, 0.2) is 22.7 Å². The minimum absolute atomic E-state index is 0.0553. The summed E-state index contributed by atoms with van der Waals surface area (Å²) in [4.78, 5) is 49.7. The number of carboxylic acids is 1. The van der Waals surface area contributed by atoms with Gasteiger partial charge in [-0.1, -0.05) is 0 Å². The summed E-state index contributed by atoms with van der Waals surface area (Å²) in [6, 6.07) is 3.31. The highest BCUT2D eigenvalue weighted by atomic mass is 16.4. The number of rotatable bonds is 6. The smallest absolute Gasteiger partial charge is 0.335 e. The third-order valence-electron chi connectivity index (χ3n) is 4.58. The maximum absolute atomic E-state index is 12.3. The molecule has 0 amide bonds. The number of Topliss-reactive ketones (excluding diaryl/α,β-unsaturated/α-hetero) is 1. The molecule has 0 atom stereocenters. The quantitative estimate of drug-likeness (QED) is 0.384. The van der Waals surface area contributed by atoms with Crippen LogP contribution in [0.15, 0.2) is 34.1 Å². The average molecular weight is 432 g/mol. The Balaban J connectivity index is 0.000000262. The number of aromatic carboxylic acids is 1. The minimum atomic E-state index is -1.14. The van der Waals surface area contributed by atoms with Crippen molar-refractivity contribution in [3.63, 3.8) is 0 Å². The Morgan fingerprint density at radius 2 is 1.74 bits per heavy atom. The van der Waals surface area contributed by atoms with E-state index in [1.54, 1.807) is 18.7 Å². The fraction of sp³-hybridized carbons (Fsp3) is 0.350. The van der Waals surface area contributed by atoms with Gasteiger partial charge in [0, 0.05) is 27.1 Å². The van der Waals surface area contributed by atoms with E-state index in [1.165, 1.54) is 28.5 Å². The Morgan fingerprint density at radius 3 is 2.32 bits per heavy atom. The lowest BCUT2D eigenvalue weighted by Gasteiger charge is -2.08. The summed E-state index contributed by atoms with van der Waals surface area (Å²) in [7, 11) is 3.32. The number of fused-ring (bicyclic) bond motifs is 1. The summed E-state index contributed by atoms with van der Waals surface area (Å²) in [6.45, 7) is 1.85. The van der Waals surface area contributed by atoms with Crippen LogP contribution in [0, 0.1) is 0 Å². The maximum Gasteiger partial charge on any atom is 0.335 e. The number of imidazole rings is 1. The largest absolute Gasteiger partial charge is 0.504 e. The number of nitrogens with zero attached hydrogens (tertiary/aromatic N) is 4. The lowest BCUT2D eigenvalue weighted by Crippen LogP contribution is -2.39. The molecule has 1 aromatic carbocycles. The number of phenolic OH excluding ortho intramolecular Hbond substituents is 2. The van der Waals surface area contributed by atoms with Crippen LogP contribution in [-0.4, -0.2) is 45.8 Å². The first-order chi connectivity index (χ1) is 14.5. The number of benzene rings is 1. The molecule has 0 fully saturated rings. The summed E-state index contributed by atoms with van der Waals surface area (Å²) in [6.07, 6.45) is 3.29. The standard InChI is InChI=1S/C13H18N4O3.C7H6O4/c1-9(18)6-4-5-7-17-12(19)10-11(14-8-15(10)2)16(3)13(17)20;8-5-2-1-4(7(10)11)3-6(5)9/h8H,4-7H2,1-3H3;1-3,8-9H,(H,10,11). The van der Waals surface area contributed by atoms with Crippen molar-refractivity contribution < 1.29 is 24.9 Å². The van der Waals surface area contributed by atoms with E-state index in [-0.39, 0.29) is 28.3 Å². The molecule has 0 aliphatic carbocycles. The fourth-order valence-electron chi connectivity index (χ4n) is 2.89. The number of aryl methyl sites for hydroxylation is 2. The van der Waals surface area contributed by atoms with Crippen molar-refractivity contribution in [3.8, 4) is 11.5 Å². The highest BCUT2D eigenvalue weighted by Crippen LogP contribution is 2.24. The molecule has 3 aromatic rings. The first-order valence-electron chi connectivity index (χ1n) is 9.40. The molecule has 3 N–H and O–H groups in total. The van der Waals surface area contributed by atoms with Gasteiger partial charge < -0.3 is 24.7 Å². The van der Waals surface area contributed by atoms with Crippen molar-refractivity contribution in [2.75, 3.05) is 0 Å². The second-order valence-corrected chi connectivity index (χ2v) is 6.99. The van der Waals surface area contributed by atoms with Crippen LogP contribution in [0.5, 0.6) is 11.5 Å². The summed E-state index contributed by atoms with van der Waals surface area (Å²) in [5, 5.41) is 26.0. The Kier molecular flexibility index (Phi) is 7.35. The molecule has 0 radical (unpaired) electrons. The van der Waals surface area contributed by atoms with E-state index in [0.717, 1.165) is 12.1 Å². The molecule has 0 aliphatic rings. The summed E-state index contributed by atoms with van der Waals surface area (Å²) in [5.41, 5.74) is 0.0522. The Bertz CT molecular complexity index is 1240. The van der Waals surface area contributed by atoms with Crippen LogP contribution in [0.1, 0.15) is 36.5 Å². The molecule has 0 saturated heterocycles. The monoisotopic (exact) mass is 432 g/mol. The molecule has 11 nitrogen and oxygen atoms in total. The van der Waals surface area contributed by atoms with Gasteiger partial charge in [-0.15, -0.1) is 0 Å². The van der Waals surface area contributed by atoms with E-state index in [0.29, 0.717) is 37.0 Å². The van der Waals surface area contributed by atoms with Gasteiger partial charge in [0.2, 0.25) is 0 Å². The molecular formula is C20H24N4O7. The first kappa shape index (κ1) is 23.4. The van der Waals surface area contributed by atoms with Crippen molar-refractivity contribution in [2.24, 2.45) is 14.1 Å². The predicted octanol–water partition coefficient (Wildman–Crippen LogP) is 0.989. The SMILES string of the molecule is CC(=O)CCCCn1c(=O)c2c(ncn2C)n(C)c1=O.O=C(O)c1ccc(O)c(O)c1. The first-order valence-corrected chi connectivity index (χ1v) is 9.40. The van der Waals surface area contributed by atoms with E-state index in [9.17, 15) is 19.2 Å². The Labute approximate surface area is 176 Å². The van der Waals surface area contributed by atoms with Gasteiger partial charge in [0.25, 0.3) is 5.56 Å². The van der Waals surface area contributed by atoms with Gasteiger partial charge in [0.1, 0.15) is 5.78 Å². The van der Waals surface area contributed by atoms with E-state index >= 15 is 0 Å². The third-order valence-corrected chi connectivity index (χ3v) is 4.58. The van der Waals surface area contributed by atoms with Crippen LogP contribution in [0.25, 0.3) is 11.2 Å². The van der Waals surface area contributed by atoms with Crippen LogP contribution in [-0.2, 0) is 25.4 Å². The molecule has 0 unspecified atom stereocenters. The number of aromatic nitrogens is 4. The van der Waals surface area contributed by atoms with E-state index in [4.69, 9.17) is 15.3 Å². The average Bonchev–Trinajstić information content (AvgIpc) is 3.09. The molecule has 3 rings (SSSR count). The molecule has 2 aromatic heterocycles. The Morgan fingerprint density at radius 1 is 1.06 bits per heavy atom. The number of carbonyl (C=O) groups excluding carboxylic acids is 1. The third kappa shape index (κ3) is 5.38. The minimum Gasteiger partial charge on any atom is -0.504 e. The van der Waals surface area contributed by atoms with Gasteiger partial charge in [-0.05, 0) is 38.0 Å². The summed E-state index contributed by atoms with van der Waals surface area (Å²) in [5.74, 6) is -1.77. The van der Waals surface area contributed by atoms with Gasteiger partial charge in [-0.2, -0.15) is 0 Å². The molecule has 0 saturated carbocycles. The number of hydrogen-bond donors (Lipinski definition) is 3. The second-order valence-electron chi connectivity index (χ2n) is 6.99. The van der Waals surface area contributed by atoms with Crippen LogP contribution >= 0.6 is 0 Å². The normalized spacial score (nSPS) is 10.5. The zero-order chi connectivity index (χ0) is 23.3. The van der Waals surface area contributed by atoms with Crippen molar-refractivity contribution >= 4 is 22.9 Å². The number of carboxylic acid groups (broad SMARTS) is 1. The highest BCUT2D eigenvalue weighted by Gasteiger charge is 2.14. The van der Waals surface area contributed by atoms with Crippen molar-refractivity contribution in [2.45, 2.75) is 32.7 Å². The molecular weight excluding hydrogens is 408 g/mol. The fourth-order valence-corrected chi connectivity index (χ4v) is 2.89. The van der Waals surface area contributed by atoms with Crippen LogP contribution < -0.4 is 11.2 Å². The number of hydrogen-bond acceptors (Lipinski definition) is 7. The number of carbonyl (C=O) groups is 2. The zero-order valence-electron chi connectivity index (χ0n) is 17.4. The number of aromatic hydroxyl groups is 2. The maximum atomic E-state index is 12.3.